The molecule has 1 heterocycles. The van der Waals surface area contributed by atoms with Crippen LogP contribution in [0.15, 0.2) is 35.8 Å². The number of nitrogens with zero attached hydrogens (tertiary/aromatic N) is 1. The van der Waals surface area contributed by atoms with Gasteiger partial charge in [0.2, 0.25) is 0 Å². The Hall–Kier alpha value is -2.18. The largest absolute Gasteiger partial charge is 0.491 e. The van der Waals surface area contributed by atoms with Gasteiger partial charge in [-0.15, -0.1) is 0 Å². The summed E-state index contributed by atoms with van der Waals surface area (Å²) in [6.07, 6.45) is 5.32. The van der Waals surface area contributed by atoms with Crippen LogP contribution in [-0.4, -0.2) is 42.1 Å². The first-order chi connectivity index (χ1) is 12.0. The Morgan fingerprint density at radius 1 is 1.62 bits per heavy atom. The monoisotopic (exact) mass is 364 g/mol. The fourth-order valence-electron chi connectivity index (χ4n) is 4.21. The minimum absolute atomic E-state index is 0.0246. The molecule has 4 N–H and O–H groups in total. The van der Waals surface area contributed by atoms with E-state index in [2.05, 4.69) is 11.5 Å². The first kappa shape index (κ1) is 18.6. The molecule has 7 heteroatoms. The third kappa shape index (κ3) is 2.73. The maximum absolute atomic E-state index is 13.1. The Morgan fingerprint density at radius 3 is 2.69 bits per heavy atom. The second kappa shape index (κ2) is 5.93. The van der Waals surface area contributed by atoms with E-state index in [1.54, 1.807) is 0 Å². The van der Waals surface area contributed by atoms with Crippen LogP contribution in [0.2, 0.25) is 0 Å². The number of halogens is 2. The van der Waals surface area contributed by atoms with E-state index in [0.717, 1.165) is 18.2 Å². The van der Waals surface area contributed by atoms with E-state index in [1.807, 2.05) is 26.0 Å². The first-order valence-electron chi connectivity index (χ1n) is 8.74. The Morgan fingerprint density at radius 2 is 2.27 bits per heavy atom. The van der Waals surface area contributed by atoms with Gasteiger partial charge in [-0.3, -0.25) is 5.41 Å². The van der Waals surface area contributed by atoms with Gasteiger partial charge in [-0.05, 0) is 19.4 Å². The van der Waals surface area contributed by atoms with E-state index in [1.165, 1.54) is 6.21 Å². The maximum atomic E-state index is 13.1. The van der Waals surface area contributed by atoms with E-state index in [-0.39, 0.29) is 29.6 Å². The summed E-state index contributed by atoms with van der Waals surface area (Å²) < 4.78 is 31.4. The number of ether oxygens (including phenoxy) is 1. The highest BCUT2D eigenvalue weighted by molar-refractivity contribution is 5.89. The summed E-state index contributed by atoms with van der Waals surface area (Å²) in [5.41, 5.74) is 7.14. The predicted octanol–water partition coefficient (Wildman–Crippen LogP) is 3.15. The van der Waals surface area contributed by atoms with Crippen molar-refractivity contribution in [2.24, 2.45) is 28.9 Å². The number of likely N-dealkylation sites (tertiary alicyclic amines) is 1. The number of fused-ring (bicyclic) bond motifs is 1. The zero-order valence-electron chi connectivity index (χ0n) is 15.4. The molecule has 1 fully saturated rings. The van der Waals surface area contributed by atoms with Crippen LogP contribution >= 0.6 is 0 Å². The summed E-state index contributed by atoms with van der Waals surface area (Å²) in [5.74, 6) is -2.49. The lowest BCUT2D eigenvalue weighted by Crippen LogP contribution is -2.46. The molecule has 1 saturated heterocycles. The molecule has 0 aromatic rings. The van der Waals surface area contributed by atoms with Crippen molar-refractivity contribution >= 4 is 12.1 Å². The van der Waals surface area contributed by atoms with E-state index in [0.29, 0.717) is 12.3 Å². The van der Waals surface area contributed by atoms with Crippen LogP contribution in [0.1, 0.15) is 20.8 Å². The quantitative estimate of drug-likeness (QED) is 0.351. The smallest absolute Gasteiger partial charge is 0.278 e. The van der Waals surface area contributed by atoms with Crippen LogP contribution in [0, 0.1) is 34.0 Å². The molecule has 142 valence electrons. The number of rotatable bonds is 8. The number of nitrogens with one attached hydrogen (secondary N) is 2. The molecule has 4 unspecified atom stereocenters. The Bertz CT molecular complexity index is 724. The molecule has 0 bridgehead atoms. The van der Waals surface area contributed by atoms with Gasteiger partial charge < -0.3 is 20.8 Å². The number of allylic oxidation sites excluding steroid dienone is 3. The van der Waals surface area contributed by atoms with Gasteiger partial charge >= 0.3 is 0 Å². The summed E-state index contributed by atoms with van der Waals surface area (Å²) in [5, 5.41) is 15.8. The molecule has 26 heavy (non-hydrogen) atoms. The summed E-state index contributed by atoms with van der Waals surface area (Å²) >= 11 is 0. The summed E-state index contributed by atoms with van der Waals surface area (Å²) in [6.45, 7) is 8.77. The van der Waals surface area contributed by atoms with Crippen LogP contribution < -0.4 is 5.73 Å². The molecular formula is C19H26F2N4O. The highest BCUT2D eigenvalue weighted by atomic mass is 19.3. The standard InChI is InChI=1S/C19H26F2N4O/c1-10-15(16(10)26-9-18(4,20)21)13(7-22)11(2)25-8-19(17(23)24)6-5-14(19)12(25)3/h5-7,11,13-15,22H,3,8-9H2,1-2,4H3,(H3,23,24)/t11?,13?,14?,15?,19-/m0/s1. The van der Waals surface area contributed by atoms with Crippen molar-refractivity contribution in [1.29, 1.82) is 10.8 Å². The van der Waals surface area contributed by atoms with E-state index < -0.39 is 17.9 Å². The lowest BCUT2D eigenvalue weighted by Gasteiger charge is -2.35. The van der Waals surface area contributed by atoms with Crippen molar-refractivity contribution < 1.29 is 13.5 Å². The molecular weight excluding hydrogens is 338 g/mol. The van der Waals surface area contributed by atoms with Gasteiger partial charge in [0.05, 0.1) is 11.3 Å². The molecule has 0 aromatic heterocycles. The van der Waals surface area contributed by atoms with Crippen molar-refractivity contribution in [2.75, 3.05) is 13.2 Å². The van der Waals surface area contributed by atoms with Crippen molar-refractivity contribution in [3.8, 4) is 0 Å². The summed E-state index contributed by atoms with van der Waals surface area (Å²) in [6, 6.07) is -0.0770. The van der Waals surface area contributed by atoms with Crippen molar-refractivity contribution in [3.63, 3.8) is 0 Å². The molecule has 0 saturated carbocycles. The van der Waals surface area contributed by atoms with Gasteiger partial charge in [0, 0.05) is 43.3 Å². The molecule has 0 aromatic carbocycles. The normalized spacial score (nSPS) is 32.0. The second-order valence-electron chi connectivity index (χ2n) is 7.78. The minimum atomic E-state index is -2.88. The molecule has 0 radical (unpaired) electrons. The number of hydrogen-bond acceptors (Lipinski definition) is 4. The summed E-state index contributed by atoms with van der Waals surface area (Å²) in [7, 11) is 0. The average molecular weight is 364 g/mol. The zero-order chi connectivity index (χ0) is 19.4. The number of amidine groups is 1. The molecule has 3 rings (SSSR count). The molecule has 0 spiro atoms. The Labute approximate surface area is 152 Å². The van der Waals surface area contributed by atoms with Gasteiger partial charge in [0.15, 0.2) is 6.61 Å². The van der Waals surface area contributed by atoms with Crippen molar-refractivity contribution in [1.82, 2.24) is 4.90 Å². The van der Waals surface area contributed by atoms with Crippen molar-refractivity contribution in [2.45, 2.75) is 32.7 Å². The number of hydrogen-bond donors (Lipinski definition) is 3. The van der Waals surface area contributed by atoms with Crippen LogP contribution in [0.5, 0.6) is 0 Å². The minimum Gasteiger partial charge on any atom is -0.491 e. The molecule has 5 atom stereocenters. The predicted molar refractivity (Wildman–Crippen MR) is 97.3 cm³/mol. The van der Waals surface area contributed by atoms with Crippen LogP contribution in [0.4, 0.5) is 8.78 Å². The van der Waals surface area contributed by atoms with Crippen molar-refractivity contribution in [3.05, 3.63) is 35.8 Å². The topological polar surface area (TPSA) is 86.2 Å². The van der Waals surface area contributed by atoms with E-state index >= 15 is 0 Å². The summed E-state index contributed by atoms with van der Waals surface area (Å²) in [4.78, 5) is 2.10. The lowest BCUT2D eigenvalue weighted by atomic mass is 9.68. The lowest BCUT2D eigenvalue weighted by molar-refractivity contribution is -0.0434. The molecule has 1 aliphatic heterocycles. The van der Waals surface area contributed by atoms with Crippen LogP contribution in [-0.2, 0) is 4.74 Å². The fraction of sp³-hybridized carbons (Fsp3) is 0.579. The van der Waals surface area contributed by atoms with Gasteiger partial charge in [-0.1, -0.05) is 18.7 Å². The van der Waals surface area contributed by atoms with E-state index in [9.17, 15) is 8.78 Å². The van der Waals surface area contributed by atoms with E-state index in [4.69, 9.17) is 21.3 Å². The molecule has 5 nitrogen and oxygen atoms in total. The molecule has 2 aliphatic carbocycles. The SMILES string of the molecule is C=C1C2C=C[C@]2(C(=N)N)CN1C(C)C(C=N)C1C(C)=C1OCC(C)(F)F. The highest BCUT2D eigenvalue weighted by Gasteiger charge is 2.56. The first-order valence-corrected chi connectivity index (χ1v) is 8.74. The van der Waals surface area contributed by atoms with Gasteiger partial charge in [0.1, 0.15) is 11.6 Å². The van der Waals surface area contributed by atoms with Gasteiger partial charge in [-0.25, -0.2) is 8.78 Å². The second-order valence-corrected chi connectivity index (χ2v) is 7.78. The third-order valence-electron chi connectivity index (χ3n) is 5.96. The Balaban J connectivity index is 1.70. The third-order valence-corrected chi connectivity index (χ3v) is 5.96. The number of alkyl halides is 2. The molecule has 3 aliphatic rings. The van der Waals surface area contributed by atoms with Crippen LogP contribution in [0.25, 0.3) is 0 Å². The Kier molecular flexibility index (Phi) is 4.24. The molecule has 0 amide bonds. The highest BCUT2D eigenvalue weighted by Crippen LogP contribution is 2.54. The number of nitrogens with two attached hydrogens (primary N) is 1. The van der Waals surface area contributed by atoms with Gasteiger partial charge in [0.25, 0.3) is 5.92 Å². The van der Waals surface area contributed by atoms with Gasteiger partial charge in [-0.2, -0.15) is 0 Å². The maximum Gasteiger partial charge on any atom is 0.278 e. The fourth-order valence-corrected chi connectivity index (χ4v) is 4.21. The average Bonchev–Trinajstić information content (AvgIpc) is 3.07. The van der Waals surface area contributed by atoms with Crippen LogP contribution in [0.3, 0.4) is 0 Å². The zero-order valence-corrected chi connectivity index (χ0v) is 15.4.